The molecule has 1 aromatic heterocycles. The first-order valence-electron chi connectivity index (χ1n) is 6.91. The first kappa shape index (κ1) is 15.9. The van der Waals surface area contributed by atoms with E-state index in [1.165, 1.54) is 12.1 Å². The van der Waals surface area contributed by atoms with E-state index in [1.807, 2.05) is 18.3 Å². The maximum Gasteiger partial charge on any atom is 0.130 e. The molecule has 0 aliphatic heterocycles. The Morgan fingerprint density at radius 3 is 2.81 bits per heavy atom. The molecule has 2 aromatic rings. The molecule has 2 rings (SSSR count). The number of ether oxygens (including phenoxy) is 1. The summed E-state index contributed by atoms with van der Waals surface area (Å²) in [6.07, 6.45) is 2.95. The number of pyridine rings is 1. The zero-order valence-electron chi connectivity index (χ0n) is 11.9. The number of hydrogen-bond donors (Lipinski definition) is 1. The fraction of sp³-hybridized carbons (Fsp3) is 0.312. The fourth-order valence-corrected chi connectivity index (χ4v) is 2.27. The number of rotatable bonds is 7. The third-order valence-corrected chi connectivity index (χ3v) is 3.32. The van der Waals surface area contributed by atoms with E-state index in [2.05, 4.69) is 33.2 Å². The van der Waals surface area contributed by atoms with Crippen molar-refractivity contribution in [3.8, 4) is 5.75 Å². The van der Waals surface area contributed by atoms with Gasteiger partial charge in [0, 0.05) is 23.3 Å². The molecule has 0 saturated carbocycles. The van der Waals surface area contributed by atoms with Gasteiger partial charge in [-0.15, -0.1) is 0 Å². The van der Waals surface area contributed by atoms with E-state index in [0.29, 0.717) is 16.8 Å². The number of halogens is 2. The molecule has 0 aliphatic rings. The summed E-state index contributed by atoms with van der Waals surface area (Å²) >= 11 is 3.24. The Morgan fingerprint density at radius 2 is 2.14 bits per heavy atom. The molecule has 1 aromatic carbocycles. The lowest BCUT2D eigenvalue weighted by Gasteiger charge is -2.07. The van der Waals surface area contributed by atoms with E-state index in [0.717, 1.165) is 30.8 Å². The van der Waals surface area contributed by atoms with Crippen molar-refractivity contribution < 1.29 is 9.13 Å². The molecule has 0 atom stereocenters. The zero-order chi connectivity index (χ0) is 15.1. The molecule has 21 heavy (non-hydrogen) atoms. The highest BCUT2D eigenvalue weighted by Gasteiger charge is 2.02. The van der Waals surface area contributed by atoms with Crippen molar-refractivity contribution in [1.82, 2.24) is 10.3 Å². The van der Waals surface area contributed by atoms with Crippen LogP contribution in [-0.2, 0) is 13.2 Å². The molecule has 3 nitrogen and oxygen atoms in total. The van der Waals surface area contributed by atoms with Gasteiger partial charge in [0.25, 0.3) is 0 Å². The second-order valence-electron chi connectivity index (χ2n) is 4.73. The van der Waals surface area contributed by atoms with Crippen molar-refractivity contribution in [2.75, 3.05) is 6.54 Å². The lowest BCUT2D eigenvalue weighted by molar-refractivity contribution is 0.299. The van der Waals surface area contributed by atoms with E-state index in [9.17, 15) is 4.39 Å². The van der Waals surface area contributed by atoms with Gasteiger partial charge in [-0.2, -0.15) is 0 Å². The summed E-state index contributed by atoms with van der Waals surface area (Å²) < 4.78 is 19.4. The highest BCUT2D eigenvalue weighted by molar-refractivity contribution is 9.10. The fourth-order valence-electron chi connectivity index (χ4n) is 1.82. The summed E-state index contributed by atoms with van der Waals surface area (Å²) in [6, 6.07) is 8.43. The number of nitrogens with one attached hydrogen (secondary N) is 1. The molecule has 0 fully saturated rings. The van der Waals surface area contributed by atoms with Crippen molar-refractivity contribution in [3.63, 3.8) is 0 Å². The van der Waals surface area contributed by atoms with Crippen molar-refractivity contribution in [1.29, 1.82) is 0 Å². The van der Waals surface area contributed by atoms with Gasteiger partial charge in [-0.3, -0.25) is 4.98 Å². The predicted octanol–water partition coefficient (Wildman–Crippen LogP) is 4.06. The van der Waals surface area contributed by atoms with Crippen LogP contribution >= 0.6 is 15.9 Å². The van der Waals surface area contributed by atoms with Crippen molar-refractivity contribution in [3.05, 3.63) is 58.1 Å². The molecule has 1 heterocycles. The molecular formula is C16H18BrFN2O. The molecule has 1 N–H and O–H groups in total. The quantitative estimate of drug-likeness (QED) is 0.763. The van der Waals surface area contributed by atoms with Crippen molar-refractivity contribution in [2.45, 2.75) is 26.5 Å². The van der Waals surface area contributed by atoms with Gasteiger partial charge in [0.1, 0.15) is 18.2 Å². The van der Waals surface area contributed by atoms with Gasteiger partial charge < -0.3 is 10.1 Å². The topological polar surface area (TPSA) is 34.1 Å². The van der Waals surface area contributed by atoms with E-state index in [-0.39, 0.29) is 5.82 Å². The third kappa shape index (κ3) is 5.44. The van der Waals surface area contributed by atoms with Gasteiger partial charge >= 0.3 is 0 Å². The lowest BCUT2D eigenvalue weighted by Crippen LogP contribution is -2.14. The minimum Gasteiger partial charge on any atom is -0.487 e. The highest BCUT2D eigenvalue weighted by Crippen LogP contribution is 2.21. The van der Waals surface area contributed by atoms with Crippen LogP contribution in [0.3, 0.4) is 0 Å². The minimum atomic E-state index is -0.329. The summed E-state index contributed by atoms with van der Waals surface area (Å²) in [5, 5.41) is 3.32. The Labute approximate surface area is 132 Å². The Bertz CT molecular complexity index is 555. The highest BCUT2D eigenvalue weighted by atomic mass is 79.9. The van der Waals surface area contributed by atoms with E-state index >= 15 is 0 Å². The van der Waals surface area contributed by atoms with E-state index < -0.39 is 0 Å². The van der Waals surface area contributed by atoms with E-state index in [1.54, 1.807) is 6.07 Å². The van der Waals surface area contributed by atoms with Crippen LogP contribution in [0.4, 0.5) is 4.39 Å². The largest absolute Gasteiger partial charge is 0.487 e. The van der Waals surface area contributed by atoms with Crippen LogP contribution in [0.2, 0.25) is 0 Å². The average Bonchev–Trinajstić information content (AvgIpc) is 2.46. The maximum atomic E-state index is 13.2. The second kappa shape index (κ2) is 8.10. The predicted molar refractivity (Wildman–Crippen MR) is 84.7 cm³/mol. The molecule has 0 spiro atoms. The van der Waals surface area contributed by atoms with Gasteiger partial charge in [0.05, 0.1) is 5.69 Å². The van der Waals surface area contributed by atoms with Gasteiger partial charge in [-0.1, -0.05) is 28.9 Å². The number of hydrogen-bond acceptors (Lipinski definition) is 3. The Balaban J connectivity index is 1.88. The zero-order valence-corrected chi connectivity index (χ0v) is 13.5. The standard InChI is InChI=1S/C16H18BrFN2O/c1-2-5-19-9-12-3-4-15(20-10-12)11-21-16-7-13(17)6-14(18)8-16/h3-4,6-8,10,19H,2,5,9,11H2,1H3. The molecule has 0 radical (unpaired) electrons. The molecule has 0 amide bonds. The van der Waals surface area contributed by atoms with Crippen LogP contribution in [0.5, 0.6) is 5.75 Å². The smallest absolute Gasteiger partial charge is 0.130 e. The lowest BCUT2D eigenvalue weighted by atomic mass is 10.2. The van der Waals surface area contributed by atoms with Gasteiger partial charge in [0.15, 0.2) is 0 Å². The van der Waals surface area contributed by atoms with Crippen molar-refractivity contribution in [2.24, 2.45) is 0 Å². The molecule has 5 heteroatoms. The average molecular weight is 353 g/mol. The minimum absolute atomic E-state index is 0.318. The van der Waals surface area contributed by atoms with Crippen molar-refractivity contribution >= 4 is 15.9 Å². The Morgan fingerprint density at radius 1 is 1.29 bits per heavy atom. The molecular weight excluding hydrogens is 335 g/mol. The van der Waals surface area contributed by atoms with Crippen LogP contribution < -0.4 is 10.1 Å². The van der Waals surface area contributed by atoms with Crippen LogP contribution in [0.15, 0.2) is 41.0 Å². The Hall–Kier alpha value is -1.46. The van der Waals surface area contributed by atoms with Gasteiger partial charge in [-0.25, -0.2) is 4.39 Å². The number of aromatic nitrogens is 1. The Kier molecular flexibility index (Phi) is 6.14. The summed E-state index contributed by atoms with van der Waals surface area (Å²) in [4.78, 5) is 4.35. The maximum absolute atomic E-state index is 13.2. The van der Waals surface area contributed by atoms with Crippen LogP contribution in [0.1, 0.15) is 24.6 Å². The van der Waals surface area contributed by atoms with E-state index in [4.69, 9.17) is 4.74 Å². The molecule has 0 unspecified atom stereocenters. The molecule has 112 valence electrons. The summed E-state index contributed by atoms with van der Waals surface area (Å²) in [5.74, 6) is 0.155. The summed E-state index contributed by atoms with van der Waals surface area (Å²) in [6.45, 7) is 4.27. The first-order chi connectivity index (χ1) is 10.2. The van der Waals surface area contributed by atoms with Crippen LogP contribution in [0.25, 0.3) is 0 Å². The first-order valence-corrected chi connectivity index (χ1v) is 7.70. The summed E-state index contributed by atoms with van der Waals surface area (Å²) in [5.41, 5.74) is 1.95. The van der Waals surface area contributed by atoms with Crippen LogP contribution in [-0.4, -0.2) is 11.5 Å². The SMILES string of the molecule is CCCNCc1ccc(COc2cc(F)cc(Br)c2)nc1. The van der Waals surface area contributed by atoms with Crippen LogP contribution in [0, 0.1) is 5.82 Å². The van der Waals surface area contributed by atoms with Gasteiger partial charge in [0.2, 0.25) is 0 Å². The number of benzene rings is 1. The molecule has 0 aliphatic carbocycles. The molecule has 0 bridgehead atoms. The number of nitrogens with zero attached hydrogens (tertiary/aromatic N) is 1. The second-order valence-corrected chi connectivity index (χ2v) is 5.64. The van der Waals surface area contributed by atoms with Gasteiger partial charge in [-0.05, 0) is 36.7 Å². The normalized spacial score (nSPS) is 10.6. The third-order valence-electron chi connectivity index (χ3n) is 2.86. The summed E-state index contributed by atoms with van der Waals surface area (Å²) in [7, 11) is 0. The molecule has 0 saturated heterocycles. The monoisotopic (exact) mass is 352 g/mol.